The van der Waals surface area contributed by atoms with Crippen molar-refractivity contribution in [2.24, 2.45) is 5.41 Å². The van der Waals surface area contributed by atoms with E-state index in [-0.39, 0.29) is 17.1 Å². The summed E-state index contributed by atoms with van der Waals surface area (Å²) in [5.41, 5.74) is 1.40. The number of fused-ring (bicyclic) bond motifs is 2. The highest BCUT2D eigenvalue weighted by atomic mass is 16.6. The summed E-state index contributed by atoms with van der Waals surface area (Å²) in [6, 6.07) is 5.76. The van der Waals surface area contributed by atoms with Crippen LogP contribution in [0.25, 0.3) is 5.57 Å². The third-order valence-corrected chi connectivity index (χ3v) is 8.13. The standard InChI is InChI=1S/C31H37N3O5/c1-6-23-16-32-26(33-23)27(35)34-25-8-7-22(15-24(25)21-9-11-28(2,3)12-10-21)31(36)17-29(19-37-4)13-14-30(18-31,39-29)20-38-5/h1,7-9,13-16,36H,10-12,17-20H2,2-5H3,(H,32,33)(H,34,35)/t29-,30+,31?. The van der Waals surface area contributed by atoms with Gasteiger partial charge in [-0.3, -0.25) is 4.79 Å². The predicted octanol–water partition coefficient (Wildman–Crippen LogP) is 4.58. The number of hydrogen-bond donors (Lipinski definition) is 3. The van der Waals surface area contributed by atoms with Gasteiger partial charge in [-0.05, 0) is 47.9 Å². The minimum Gasteiger partial charge on any atom is -0.385 e. The Morgan fingerprint density at radius 1 is 1.21 bits per heavy atom. The zero-order valence-corrected chi connectivity index (χ0v) is 23.1. The number of H-pyrrole nitrogens is 1. The Balaban J connectivity index is 1.53. The number of aliphatic hydroxyl groups is 1. The van der Waals surface area contributed by atoms with Gasteiger partial charge >= 0.3 is 0 Å². The number of nitrogens with one attached hydrogen (secondary N) is 2. The molecule has 8 heteroatoms. The van der Waals surface area contributed by atoms with E-state index in [0.717, 1.165) is 36.0 Å². The molecule has 1 saturated heterocycles. The van der Waals surface area contributed by atoms with Gasteiger partial charge in [-0.15, -0.1) is 6.42 Å². The molecule has 0 saturated carbocycles. The van der Waals surface area contributed by atoms with Gasteiger partial charge in [0.2, 0.25) is 0 Å². The third-order valence-electron chi connectivity index (χ3n) is 8.13. The quantitative estimate of drug-likeness (QED) is 0.340. The molecule has 1 aromatic carbocycles. The van der Waals surface area contributed by atoms with Gasteiger partial charge in [-0.2, -0.15) is 0 Å². The van der Waals surface area contributed by atoms with Gasteiger partial charge in [0.15, 0.2) is 5.82 Å². The van der Waals surface area contributed by atoms with Crippen LogP contribution in [-0.2, 0) is 19.8 Å². The number of allylic oxidation sites excluding steroid dienone is 2. The third kappa shape index (κ3) is 5.32. The molecule has 1 aliphatic carbocycles. The molecule has 2 aromatic rings. The number of aromatic amines is 1. The zero-order valence-electron chi connectivity index (χ0n) is 23.1. The van der Waals surface area contributed by atoms with Gasteiger partial charge in [0.25, 0.3) is 5.91 Å². The molecule has 2 bridgehead atoms. The first-order chi connectivity index (χ1) is 18.5. The van der Waals surface area contributed by atoms with E-state index >= 15 is 0 Å². The SMILES string of the molecule is C#Cc1cnc(C(=O)Nc2ccc(C3(O)C[C@@]4(COC)C=C[C@@](COC)(C3)O4)cc2C2=CCC(C)(C)CC2)[nH]1. The second-order valence-electron chi connectivity index (χ2n) is 11.9. The van der Waals surface area contributed by atoms with Crippen molar-refractivity contribution in [3.63, 3.8) is 0 Å². The first-order valence-corrected chi connectivity index (χ1v) is 13.3. The van der Waals surface area contributed by atoms with Crippen molar-refractivity contribution in [1.82, 2.24) is 9.97 Å². The first kappa shape index (κ1) is 27.4. The molecule has 206 valence electrons. The molecule has 0 spiro atoms. The van der Waals surface area contributed by atoms with Crippen molar-refractivity contribution in [2.45, 2.75) is 62.8 Å². The molecule has 3 atom stereocenters. The summed E-state index contributed by atoms with van der Waals surface area (Å²) in [6.07, 6.45) is 16.6. The molecule has 39 heavy (non-hydrogen) atoms. The largest absolute Gasteiger partial charge is 0.385 e. The lowest BCUT2D eigenvalue weighted by Gasteiger charge is -2.48. The van der Waals surface area contributed by atoms with E-state index < -0.39 is 16.8 Å². The summed E-state index contributed by atoms with van der Waals surface area (Å²) >= 11 is 0. The van der Waals surface area contributed by atoms with Crippen LogP contribution < -0.4 is 5.32 Å². The molecule has 1 aromatic heterocycles. The van der Waals surface area contributed by atoms with E-state index in [0.29, 0.717) is 37.4 Å². The lowest BCUT2D eigenvalue weighted by Crippen LogP contribution is -2.55. The highest BCUT2D eigenvalue weighted by molar-refractivity contribution is 6.03. The maximum atomic E-state index is 13.1. The molecule has 3 N–H and O–H groups in total. The Bertz CT molecular complexity index is 1340. The van der Waals surface area contributed by atoms with Crippen LogP contribution in [0.3, 0.4) is 0 Å². The number of carbonyl (C=O) groups is 1. The van der Waals surface area contributed by atoms with Crippen molar-refractivity contribution in [2.75, 3.05) is 32.8 Å². The average Bonchev–Trinajstić information content (AvgIpc) is 3.47. The minimum atomic E-state index is -1.20. The number of aromatic nitrogens is 2. The fourth-order valence-electron chi connectivity index (χ4n) is 6.19. The fraction of sp³-hybridized carbons (Fsp3) is 0.484. The Kier molecular flexibility index (Phi) is 7.06. The highest BCUT2D eigenvalue weighted by Crippen LogP contribution is 2.52. The van der Waals surface area contributed by atoms with Crippen LogP contribution in [0.2, 0.25) is 0 Å². The lowest BCUT2D eigenvalue weighted by atomic mass is 9.73. The molecule has 1 amide bonds. The van der Waals surface area contributed by atoms with Gasteiger partial charge in [0.1, 0.15) is 16.9 Å². The second kappa shape index (κ2) is 10.1. The highest BCUT2D eigenvalue weighted by Gasteiger charge is 2.57. The molecule has 0 radical (unpaired) electrons. The van der Waals surface area contributed by atoms with Gasteiger partial charge in [0.05, 0.1) is 25.0 Å². The summed E-state index contributed by atoms with van der Waals surface area (Å²) in [6.45, 7) is 5.16. The van der Waals surface area contributed by atoms with Crippen molar-refractivity contribution >= 4 is 17.2 Å². The molecule has 1 fully saturated rings. The average molecular weight is 532 g/mol. The molecule has 8 nitrogen and oxygen atoms in total. The first-order valence-electron chi connectivity index (χ1n) is 13.3. The molecule has 2 aliphatic heterocycles. The van der Waals surface area contributed by atoms with Crippen LogP contribution in [0, 0.1) is 17.8 Å². The van der Waals surface area contributed by atoms with Crippen molar-refractivity contribution in [1.29, 1.82) is 0 Å². The predicted molar refractivity (Wildman–Crippen MR) is 149 cm³/mol. The molecule has 3 heterocycles. The lowest BCUT2D eigenvalue weighted by molar-refractivity contribution is -0.225. The van der Waals surface area contributed by atoms with E-state index in [9.17, 15) is 9.90 Å². The van der Waals surface area contributed by atoms with Gasteiger partial charge in [0, 0.05) is 38.3 Å². The monoisotopic (exact) mass is 531 g/mol. The van der Waals surface area contributed by atoms with Crippen LogP contribution in [0.4, 0.5) is 5.69 Å². The summed E-state index contributed by atoms with van der Waals surface area (Å²) in [4.78, 5) is 20.0. The number of hydrogen-bond acceptors (Lipinski definition) is 6. The maximum absolute atomic E-state index is 13.1. The number of ether oxygens (including phenoxy) is 3. The van der Waals surface area contributed by atoms with Crippen LogP contribution >= 0.6 is 0 Å². The van der Waals surface area contributed by atoms with Crippen molar-refractivity contribution < 1.29 is 24.1 Å². The normalized spacial score (nSPS) is 29.1. The van der Waals surface area contributed by atoms with Crippen LogP contribution in [-0.4, -0.2) is 59.6 Å². The Morgan fingerprint density at radius 2 is 1.90 bits per heavy atom. The molecule has 3 aliphatic rings. The number of imidazole rings is 1. The van der Waals surface area contributed by atoms with Crippen LogP contribution in [0.15, 0.2) is 42.6 Å². The van der Waals surface area contributed by atoms with Gasteiger partial charge in [-0.25, -0.2) is 4.98 Å². The minimum absolute atomic E-state index is 0.144. The summed E-state index contributed by atoms with van der Waals surface area (Å²) in [5, 5.41) is 15.2. The summed E-state index contributed by atoms with van der Waals surface area (Å²) < 4.78 is 17.5. The number of terminal acetylenes is 1. The van der Waals surface area contributed by atoms with Crippen LogP contribution in [0.5, 0.6) is 0 Å². The smallest absolute Gasteiger partial charge is 0.291 e. The van der Waals surface area contributed by atoms with Crippen LogP contribution in [0.1, 0.15) is 73.4 Å². The number of methoxy groups -OCH3 is 2. The number of benzene rings is 1. The number of amides is 1. The molecule has 1 unspecified atom stereocenters. The summed E-state index contributed by atoms with van der Waals surface area (Å²) in [5.74, 6) is 2.21. The van der Waals surface area contributed by atoms with Gasteiger partial charge in [-0.1, -0.05) is 44.1 Å². The summed E-state index contributed by atoms with van der Waals surface area (Å²) in [7, 11) is 3.27. The van der Waals surface area contributed by atoms with E-state index in [2.05, 4.69) is 41.1 Å². The van der Waals surface area contributed by atoms with E-state index in [1.165, 1.54) is 6.20 Å². The van der Waals surface area contributed by atoms with Crippen molar-refractivity contribution in [3.05, 3.63) is 65.3 Å². The Morgan fingerprint density at radius 3 is 2.46 bits per heavy atom. The maximum Gasteiger partial charge on any atom is 0.291 e. The second-order valence-corrected chi connectivity index (χ2v) is 11.9. The molecular weight excluding hydrogens is 494 g/mol. The molecule has 5 rings (SSSR count). The number of carbonyl (C=O) groups excluding carboxylic acids is 1. The van der Waals surface area contributed by atoms with E-state index in [1.807, 2.05) is 30.4 Å². The fourth-order valence-corrected chi connectivity index (χ4v) is 6.19. The molecular formula is C31H37N3O5. The topological polar surface area (TPSA) is 106 Å². The zero-order chi connectivity index (χ0) is 27.9. The number of anilines is 1. The number of rotatable bonds is 8. The van der Waals surface area contributed by atoms with Gasteiger partial charge < -0.3 is 29.6 Å². The Hall–Kier alpha value is -3.22. The Labute approximate surface area is 229 Å². The van der Waals surface area contributed by atoms with Crippen molar-refractivity contribution in [3.8, 4) is 12.3 Å². The van der Waals surface area contributed by atoms with E-state index in [4.69, 9.17) is 20.6 Å². The van der Waals surface area contributed by atoms with E-state index in [1.54, 1.807) is 14.2 Å². The number of nitrogens with zero attached hydrogens (tertiary/aromatic N) is 1.